The number of rotatable bonds is 4. The molecule has 0 bridgehead atoms. The lowest BCUT2D eigenvalue weighted by Crippen LogP contribution is -2.19. The molecule has 0 aliphatic heterocycles. The van der Waals surface area contributed by atoms with E-state index in [9.17, 15) is 9.59 Å². The van der Waals surface area contributed by atoms with Crippen molar-refractivity contribution in [1.82, 2.24) is 15.1 Å². The van der Waals surface area contributed by atoms with E-state index in [2.05, 4.69) is 25.8 Å². The summed E-state index contributed by atoms with van der Waals surface area (Å²) in [6, 6.07) is 11.4. The van der Waals surface area contributed by atoms with Crippen LogP contribution in [-0.2, 0) is 0 Å². The Labute approximate surface area is 153 Å². The number of hydrogen-bond donors (Lipinski definition) is 3. The highest BCUT2D eigenvalue weighted by atomic mass is 16.5. The summed E-state index contributed by atoms with van der Waals surface area (Å²) in [4.78, 5) is 32.1. The van der Waals surface area contributed by atoms with Crippen LogP contribution in [0.5, 0.6) is 0 Å². The van der Waals surface area contributed by atoms with Gasteiger partial charge < -0.3 is 14.8 Å². The number of carbonyl (C=O) groups is 2. The van der Waals surface area contributed by atoms with Crippen LogP contribution in [0, 0.1) is 6.92 Å². The molecule has 3 N–H and O–H groups in total. The summed E-state index contributed by atoms with van der Waals surface area (Å²) in [6.45, 7) is 1.75. The van der Waals surface area contributed by atoms with Crippen LogP contribution in [-0.4, -0.2) is 26.9 Å². The second-order valence-corrected chi connectivity index (χ2v) is 5.92. The maximum atomic E-state index is 12.9. The van der Waals surface area contributed by atoms with Crippen LogP contribution in [0.4, 0.5) is 16.4 Å². The van der Waals surface area contributed by atoms with Crippen molar-refractivity contribution in [2.24, 2.45) is 0 Å². The Morgan fingerprint density at radius 1 is 1.11 bits per heavy atom. The summed E-state index contributed by atoms with van der Waals surface area (Å²) >= 11 is 0. The van der Waals surface area contributed by atoms with Gasteiger partial charge in [0.25, 0.3) is 0 Å². The smallest absolute Gasteiger partial charge is 0.326 e. The Kier molecular flexibility index (Phi) is 4.13. The molecule has 2 amide bonds. The summed E-state index contributed by atoms with van der Waals surface area (Å²) in [5.41, 5.74) is 2.76. The molecule has 4 rings (SSSR count). The minimum absolute atomic E-state index is 0.163. The maximum absolute atomic E-state index is 12.9. The molecule has 134 valence electrons. The third-order valence-electron chi connectivity index (χ3n) is 3.94. The molecule has 3 aromatic heterocycles. The molecule has 0 saturated carbocycles. The van der Waals surface area contributed by atoms with Crippen molar-refractivity contribution in [2.45, 2.75) is 6.92 Å². The third kappa shape index (κ3) is 3.40. The molecule has 0 atom stereocenters. The first-order valence-electron chi connectivity index (χ1n) is 8.18. The number of carbonyl (C=O) groups excluding carboxylic acids is 2. The van der Waals surface area contributed by atoms with Crippen LogP contribution in [0.1, 0.15) is 21.6 Å². The minimum atomic E-state index is -0.493. The second-order valence-electron chi connectivity index (χ2n) is 5.92. The zero-order chi connectivity index (χ0) is 18.8. The first-order valence-corrected chi connectivity index (χ1v) is 8.18. The molecular weight excluding hydrogens is 346 g/mol. The highest BCUT2D eigenvalue weighted by Gasteiger charge is 2.15. The monoisotopic (exact) mass is 361 g/mol. The average molecular weight is 361 g/mol. The first kappa shape index (κ1) is 16.5. The number of benzene rings is 1. The van der Waals surface area contributed by atoms with Crippen LogP contribution in [0.15, 0.2) is 59.4 Å². The van der Waals surface area contributed by atoms with Gasteiger partial charge in [0.05, 0.1) is 5.69 Å². The van der Waals surface area contributed by atoms with E-state index in [1.54, 1.807) is 55.7 Å². The zero-order valence-electron chi connectivity index (χ0n) is 14.3. The molecule has 1 aromatic carbocycles. The highest BCUT2D eigenvalue weighted by molar-refractivity contribution is 6.16. The van der Waals surface area contributed by atoms with Crippen molar-refractivity contribution >= 4 is 34.4 Å². The lowest BCUT2D eigenvalue weighted by atomic mass is 10.0. The van der Waals surface area contributed by atoms with Gasteiger partial charge in [0.15, 0.2) is 5.78 Å². The van der Waals surface area contributed by atoms with E-state index in [1.165, 1.54) is 0 Å². The van der Waals surface area contributed by atoms with E-state index in [0.717, 1.165) is 5.39 Å². The summed E-state index contributed by atoms with van der Waals surface area (Å²) in [5, 5.41) is 9.65. The van der Waals surface area contributed by atoms with Crippen LogP contribution >= 0.6 is 0 Å². The lowest BCUT2D eigenvalue weighted by Gasteiger charge is -2.07. The fraction of sp³-hybridized carbons (Fsp3) is 0.0526. The Balaban J connectivity index is 1.53. The Hall–Kier alpha value is -3.94. The van der Waals surface area contributed by atoms with Gasteiger partial charge in [-0.3, -0.25) is 10.1 Å². The molecule has 0 aliphatic rings. The van der Waals surface area contributed by atoms with Crippen LogP contribution in [0.3, 0.4) is 0 Å². The van der Waals surface area contributed by atoms with Crippen molar-refractivity contribution in [3.05, 3.63) is 71.7 Å². The Bertz CT molecular complexity index is 1140. The molecule has 8 heteroatoms. The fourth-order valence-electron chi connectivity index (χ4n) is 2.73. The number of fused-ring (bicyclic) bond motifs is 1. The van der Waals surface area contributed by atoms with E-state index in [4.69, 9.17) is 4.52 Å². The quantitative estimate of drug-likeness (QED) is 0.479. The molecule has 0 radical (unpaired) electrons. The number of aryl methyl sites for hydroxylation is 1. The predicted octanol–water partition coefficient (Wildman–Crippen LogP) is 3.73. The van der Waals surface area contributed by atoms with Gasteiger partial charge >= 0.3 is 6.03 Å². The number of anilines is 2. The summed E-state index contributed by atoms with van der Waals surface area (Å²) in [6.07, 6.45) is 3.30. The number of aromatic amines is 1. The van der Waals surface area contributed by atoms with Gasteiger partial charge in [0.2, 0.25) is 5.88 Å². The molecule has 0 unspecified atom stereocenters. The van der Waals surface area contributed by atoms with Crippen LogP contribution in [0.2, 0.25) is 0 Å². The largest absolute Gasteiger partial charge is 0.345 e. The number of amides is 2. The molecule has 0 aliphatic carbocycles. The standard InChI is InChI=1S/C19H15N5O3/c1-11-8-16(27-24-11)23-19(26)22-13-5-2-4-12(9-13)17(25)15-10-21-18-14(15)6-3-7-20-18/h2-10H,1H3,(H,20,21)(H2,22,23,26). The molecule has 0 fully saturated rings. The molecule has 0 spiro atoms. The van der Waals surface area contributed by atoms with E-state index < -0.39 is 6.03 Å². The van der Waals surface area contributed by atoms with Crippen molar-refractivity contribution in [2.75, 3.05) is 10.6 Å². The van der Waals surface area contributed by atoms with Gasteiger partial charge in [0, 0.05) is 40.7 Å². The number of nitrogens with zero attached hydrogens (tertiary/aromatic N) is 2. The van der Waals surface area contributed by atoms with Crippen molar-refractivity contribution in [3.63, 3.8) is 0 Å². The van der Waals surface area contributed by atoms with Crippen molar-refractivity contribution in [3.8, 4) is 0 Å². The summed E-state index contributed by atoms with van der Waals surface area (Å²) < 4.78 is 4.94. The van der Waals surface area contributed by atoms with Crippen molar-refractivity contribution < 1.29 is 14.1 Å². The molecule has 0 saturated heterocycles. The Morgan fingerprint density at radius 3 is 2.81 bits per heavy atom. The summed E-state index contributed by atoms with van der Waals surface area (Å²) in [5.74, 6) is 0.0766. The number of nitrogens with one attached hydrogen (secondary N) is 3. The molecule has 3 heterocycles. The second kappa shape index (κ2) is 6.75. The number of urea groups is 1. The number of ketones is 1. The van der Waals surface area contributed by atoms with E-state index >= 15 is 0 Å². The fourth-order valence-corrected chi connectivity index (χ4v) is 2.73. The highest BCUT2D eigenvalue weighted by Crippen LogP contribution is 2.21. The van der Waals surface area contributed by atoms with Gasteiger partial charge in [-0.2, -0.15) is 0 Å². The third-order valence-corrected chi connectivity index (χ3v) is 3.94. The minimum Gasteiger partial charge on any atom is -0.345 e. The molecule has 4 aromatic rings. The summed E-state index contributed by atoms with van der Waals surface area (Å²) in [7, 11) is 0. The topological polar surface area (TPSA) is 113 Å². The lowest BCUT2D eigenvalue weighted by molar-refractivity contribution is 0.104. The number of H-pyrrole nitrogens is 1. The maximum Gasteiger partial charge on any atom is 0.326 e. The van der Waals surface area contributed by atoms with E-state index in [-0.39, 0.29) is 11.7 Å². The van der Waals surface area contributed by atoms with Crippen LogP contribution < -0.4 is 10.6 Å². The Morgan fingerprint density at radius 2 is 2.00 bits per heavy atom. The number of hydrogen-bond acceptors (Lipinski definition) is 5. The SMILES string of the molecule is Cc1cc(NC(=O)Nc2cccc(C(=O)c3c[nH]c4ncccc34)c2)on1. The van der Waals surface area contributed by atoms with Gasteiger partial charge in [0.1, 0.15) is 5.65 Å². The number of pyridine rings is 1. The normalized spacial score (nSPS) is 10.7. The zero-order valence-corrected chi connectivity index (χ0v) is 14.3. The first-order chi connectivity index (χ1) is 13.1. The van der Waals surface area contributed by atoms with Crippen LogP contribution in [0.25, 0.3) is 11.0 Å². The molecule has 27 heavy (non-hydrogen) atoms. The van der Waals surface area contributed by atoms with Gasteiger partial charge in [-0.05, 0) is 31.2 Å². The van der Waals surface area contributed by atoms with Gasteiger partial charge in [-0.1, -0.05) is 17.3 Å². The molecule has 8 nitrogen and oxygen atoms in total. The molecular formula is C19H15N5O3. The van der Waals surface area contributed by atoms with Gasteiger partial charge in [-0.15, -0.1) is 0 Å². The predicted molar refractivity (Wildman–Crippen MR) is 99.8 cm³/mol. The number of aromatic nitrogens is 3. The van der Waals surface area contributed by atoms with E-state index in [1.807, 2.05) is 6.07 Å². The average Bonchev–Trinajstić information content (AvgIpc) is 3.27. The van der Waals surface area contributed by atoms with Gasteiger partial charge in [-0.25, -0.2) is 9.78 Å². The van der Waals surface area contributed by atoms with E-state index in [0.29, 0.717) is 28.2 Å². The van der Waals surface area contributed by atoms with Crippen molar-refractivity contribution in [1.29, 1.82) is 0 Å².